The number of amides is 1. The van der Waals surface area contributed by atoms with Gasteiger partial charge in [-0.05, 0) is 25.7 Å². The Morgan fingerprint density at radius 3 is 0.910 bits per heavy atom. The number of nitrogens with one attached hydrogen (secondary N) is 1. The summed E-state index contributed by atoms with van der Waals surface area (Å²) in [6.07, 6.45) is 66.7. The Morgan fingerprint density at radius 2 is 0.612 bits per heavy atom. The minimum Gasteiger partial charge on any atom is -0.466 e. The van der Waals surface area contributed by atoms with Crippen LogP contribution in [-0.2, 0) is 14.3 Å². The Morgan fingerprint density at radius 1 is 0.358 bits per heavy atom. The normalized spacial score (nSPS) is 12.5. The van der Waals surface area contributed by atoms with E-state index in [1.807, 2.05) is 0 Å². The van der Waals surface area contributed by atoms with Gasteiger partial charge in [-0.25, -0.2) is 0 Å². The van der Waals surface area contributed by atoms with Gasteiger partial charge in [0.1, 0.15) is 0 Å². The SMILES string of the molecule is CCCCCCCCCCCCCCCCCCCCC(=O)OCCCCCCCCCCCCCCCCCCC(=O)NC(CO)C(O)CCCCCCCCCCCCCCCCCC. The van der Waals surface area contributed by atoms with E-state index in [0.29, 0.717) is 25.9 Å². The zero-order chi connectivity index (χ0) is 48.6. The number of hydrogen-bond acceptors (Lipinski definition) is 5. The molecule has 0 heterocycles. The number of esters is 1. The van der Waals surface area contributed by atoms with Crippen molar-refractivity contribution in [2.75, 3.05) is 13.2 Å². The van der Waals surface area contributed by atoms with Crippen molar-refractivity contribution in [2.45, 2.75) is 366 Å². The predicted molar refractivity (Wildman–Crippen MR) is 292 cm³/mol. The lowest BCUT2D eigenvalue weighted by Crippen LogP contribution is -2.45. The first-order valence-corrected chi connectivity index (χ1v) is 30.8. The number of aliphatic hydroxyl groups is 2. The Labute approximate surface area is 419 Å². The number of carbonyl (C=O) groups is 2. The lowest BCUT2D eigenvalue weighted by atomic mass is 10.0. The van der Waals surface area contributed by atoms with E-state index in [1.165, 1.54) is 283 Å². The molecular weight excluding hydrogens is 827 g/mol. The zero-order valence-corrected chi connectivity index (χ0v) is 45.7. The van der Waals surface area contributed by atoms with Gasteiger partial charge in [-0.1, -0.05) is 316 Å². The fourth-order valence-electron chi connectivity index (χ4n) is 9.94. The van der Waals surface area contributed by atoms with Gasteiger partial charge in [-0.3, -0.25) is 9.59 Å². The lowest BCUT2D eigenvalue weighted by molar-refractivity contribution is -0.143. The predicted octanol–water partition coefficient (Wildman–Crippen LogP) is 19.1. The quantitative estimate of drug-likeness (QED) is 0.0417. The van der Waals surface area contributed by atoms with Crippen LogP contribution < -0.4 is 5.32 Å². The third-order valence-electron chi connectivity index (χ3n) is 14.7. The first-order chi connectivity index (χ1) is 33.0. The summed E-state index contributed by atoms with van der Waals surface area (Å²) in [7, 11) is 0. The van der Waals surface area contributed by atoms with E-state index in [9.17, 15) is 19.8 Å². The van der Waals surface area contributed by atoms with Gasteiger partial charge in [0, 0.05) is 12.8 Å². The summed E-state index contributed by atoms with van der Waals surface area (Å²) in [4.78, 5) is 24.6. The van der Waals surface area contributed by atoms with Crippen molar-refractivity contribution in [3.63, 3.8) is 0 Å². The average molecular weight is 949 g/mol. The van der Waals surface area contributed by atoms with Gasteiger partial charge in [0.05, 0.1) is 25.4 Å². The van der Waals surface area contributed by atoms with Crippen LogP contribution in [0.4, 0.5) is 0 Å². The molecule has 0 fully saturated rings. The van der Waals surface area contributed by atoms with Gasteiger partial charge in [-0.15, -0.1) is 0 Å². The van der Waals surface area contributed by atoms with Crippen LogP contribution in [0.2, 0.25) is 0 Å². The molecule has 0 aliphatic heterocycles. The third kappa shape index (κ3) is 54.0. The number of ether oxygens (including phenoxy) is 1. The highest BCUT2D eigenvalue weighted by molar-refractivity contribution is 5.76. The summed E-state index contributed by atoms with van der Waals surface area (Å²) in [6, 6.07) is -0.545. The van der Waals surface area contributed by atoms with Crippen LogP contribution in [0.15, 0.2) is 0 Å². The number of aliphatic hydroxyl groups excluding tert-OH is 2. The first-order valence-electron chi connectivity index (χ1n) is 30.8. The van der Waals surface area contributed by atoms with Crippen molar-refractivity contribution in [1.29, 1.82) is 0 Å². The lowest BCUT2D eigenvalue weighted by Gasteiger charge is -2.22. The van der Waals surface area contributed by atoms with Crippen LogP contribution in [-0.4, -0.2) is 47.4 Å². The van der Waals surface area contributed by atoms with E-state index in [-0.39, 0.29) is 18.5 Å². The fraction of sp³-hybridized carbons (Fsp3) is 0.967. The molecule has 2 unspecified atom stereocenters. The zero-order valence-electron chi connectivity index (χ0n) is 45.7. The average Bonchev–Trinajstić information content (AvgIpc) is 3.33. The number of rotatable bonds is 58. The minimum atomic E-state index is -0.668. The maximum Gasteiger partial charge on any atom is 0.305 e. The van der Waals surface area contributed by atoms with Gasteiger partial charge in [0.15, 0.2) is 0 Å². The van der Waals surface area contributed by atoms with Gasteiger partial charge < -0.3 is 20.3 Å². The van der Waals surface area contributed by atoms with Crippen LogP contribution in [0, 0.1) is 0 Å². The maximum absolute atomic E-state index is 12.5. The highest BCUT2D eigenvalue weighted by Gasteiger charge is 2.20. The van der Waals surface area contributed by atoms with Crippen LogP contribution in [0.25, 0.3) is 0 Å². The van der Waals surface area contributed by atoms with Crippen LogP contribution >= 0.6 is 0 Å². The molecule has 0 bridgehead atoms. The summed E-state index contributed by atoms with van der Waals surface area (Å²) in [6.45, 7) is 4.98. The minimum absolute atomic E-state index is 0.00879. The smallest absolute Gasteiger partial charge is 0.305 e. The molecule has 0 aromatic heterocycles. The molecule has 6 nitrogen and oxygen atoms in total. The van der Waals surface area contributed by atoms with Crippen molar-refractivity contribution < 1.29 is 24.5 Å². The Balaban J connectivity index is 3.38. The molecule has 6 heteroatoms. The third-order valence-corrected chi connectivity index (χ3v) is 14.7. The molecule has 0 saturated carbocycles. The standard InChI is InChI=1S/C61H121NO5/c1-3-5-7-9-11-13-15-17-19-21-22-27-31-35-39-43-47-51-55-61(66)67-56-52-48-44-40-36-32-28-24-23-26-30-34-38-42-46-50-54-60(65)62-58(57-63)59(64)53-49-45-41-37-33-29-25-20-18-16-14-12-10-8-6-4-2/h58-59,63-64H,3-57H2,1-2H3,(H,62,65). The van der Waals surface area contributed by atoms with Gasteiger partial charge >= 0.3 is 5.97 Å². The number of carbonyl (C=O) groups excluding carboxylic acids is 2. The molecule has 0 aromatic carbocycles. The van der Waals surface area contributed by atoms with E-state index < -0.39 is 12.1 Å². The molecule has 0 rings (SSSR count). The van der Waals surface area contributed by atoms with Crippen molar-refractivity contribution >= 4 is 11.9 Å². The molecule has 2 atom stereocenters. The Kier molecular flexibility index (Phi) is 56.5. The second kappa shape index (κ2) is 57.4. The summed E-state index contributed by atoms with van der Waals surface area (Å²) in [5.41, 5.74) is 0. The second-order valence-electron chi connectivity index (χ2n) is 21.4. The molecule has 0 spiro atoms. The summed E-state index contributed by atoms with van der Waals surface area (Å²) < 4.78 is 5.50. The van der Waals surface area contributed by atoms with Crippen molar-refractivity contribution in [3.8, 4) is 0 Å². The first kappa shape index (κ1) is 65.9. The molecule has 0 aliphatic carbocycles. The molecule has 0 radical (unpaired) electrons. The maximum atomic E-state index is 12.5. The van der Waals surface area contributed by atoms with E-state index >= 15 is 0 Å². The van der Waals surface area contributed by atoms with Crippen LogP contribution in [0.3, 0.4) is 0 Å². The molecule has 67 heavy (non-hydrogen) atoms. The topological polar surface area (TPSA) is 95.9 Å². The van der Waals surface area contributed by atoms with Gasteiger partial charge in [0.25, 0.3) is 0 Å². The Bertz CT molecular complexity index is 959. The fourth-order valence-corrected chi connectivity index (χ4v) is 9.94. The number of unbranched alkanes of at least 4 members (excludes halogenated alkanes) is 47. The highest BCUT2D eigenvalue weighted by atomic mass is 16.5. The van der Waals surface area contributed by atoms with Gasteiger partial charge in [0.2, 0.25) is 5.91 Å². The monoisotopic (exact) mass is 948 g/mol. The van der Waals surface area contributed by atoms with Crippen molar-refractivity contribution in [1.82, 2.24) is 5.32 Å². The molecule has 0 saturated heterocycles. The largest absolute Gasteiger partial charge is 0.466 e. The molecule has 3 N–H and O–H groups in total. The van der Waals surface area contributed by atoms with E-state index in [1.54, 1.807) is 0 Å². The number of hydrogen-bond donors (Lipinski definition) is 3. The Hall–Kier alpha value is -1.14. The van der Waals surface area contributed by atoms with Crippen molar-refractivity contribution in [2.24, 2.45) is 0 Å². The summed E-state index contributed by atoms with van der Waals surface area (Å²) in [5.74, 6) is -0.0294. The molecule has 0 aliphatic rings. The van der Waals surface area contributed by atoms with Crippen LogP contribution in [0.1, 0.15) is 354 Å². The highest BCUT2D eigenvalue weighted by Crippen LogP contribution is 2.18. The summed E-state index contributed by atoms with van der Waals surface area (Å²) >= 11 is 0. The van der Waals surface area contributed by atoms with E-state index in [2.05, 4.69) is 19.2 Å². The second-order valence-corrected chi connectivity index (χ2v) is 21.4. The van der Waals surface area contributed by atoms with Crippen molar-refractivity contribution in [3.05, 3.63) is 0 Å². The summed E-state index contributed by atoms with van der Waals surface area (Å²) in [5, 5.41) is 23.3. The molecule has 400 valence electrons. The molecular formula is C61H121NO5. The molecule has 1 amide bonds. The van der Waals surface area contributed by atoms with Gasteiger partial charge in [-0.2, -0.15) is 0 Å². The molecule has 0 aromatic rings. The van der Waals surface area contributed by atoms with E-state index in [0.717, 1.165) is 38.5 Å². The van der Waals surface area contributed by atoms with E-state index in [4.69, 9.17) is 4.74 Å². The van der Waals surface area contributed by atoms with Crippen LogP contribution in [0.5, 0.6) is 0 Å².